The highest BCUT2D eigenvalue weighted by Gasteiger charge is 2.19. The summed E-state index contributed by atoms with van der Waals surface area (Å²) in [4.78, 5) is 15.8. The summed E-state index contributed by atoms with van der Waals surface area (Å²) in [6.45, 7) is 3.84. The van der Waals surface area contributed by atoms with E-state index in [9.17, 15) is 4.79 Å². The zero-order valence-corrected chi connectivity index (χ0v) is 12.8. The molecule has 2 aromatic rings. The van der Waals surface area contributed by atoms with Gasteiger partial charge in [-0.15, -0.1) is 0 Å². The largest absolute Gasteiger partial charge is 0.495 e. The van der Waals surface area contributed by atoms with E-state index in [1.165, 1.54) is 13.4 Å². The first-order valence-electron chi connectivity index (χ1n) is 6.34. The van der Waals surface area contributed by atoms with Crippen LogP contribution in [0.5, 0.6) is 5.75 Å². The van der Waals surface area contributed by atoms with E-state index in [0.717, 1.165) is 5.56 Å². The number of benzene rings is 1. The van der Waals surface area contributed by atoms with E-state index in [1.807, 2.05) is 13.0 Å². The van der Waals surface area contributed by atoms with Gasteiger partial charge in [-0.1, -0.05) is 11.6 Å². The first kappa shape index (κ1) is 15.2. The van der Waals surface area contributed by atoms with Gasteiger partial charge in [0.05, 0.1) is 19.4 Å². The molecule has 0 aliphatic carbocycles. The molecule has 0 bridgehead atoms. The number of anilines is 1. The van der Waals surface area contributed by atoms with Crippen LogP contribution in [-0.4, -0.2) is 29.2 Å². The van der Waals surface area contributed by atoms with Gasteiger partial charge in [0, 0.05) is 11.1 Å². The molecule has 6 nitrogen and oxygen atoms in total. The minimum Gasteiger partial charge on any atom is -0.495 e. The fourth-order valence-corrected chi connectivity index (χ4v) is 2.06. The minimum absolute atomic E-state index is 0.0755. The van der Waals surface area contributed by atoms with Gasteiger partial charge in [0.15, 0.2) is 5.69 Å². The maximum atomic E-state index is 11.8. The van der Waals surface area contributed by atoms with Gasteiger partial charge in [0.25, 0.3) is 0 Å². The maximum absolute atomic E-state index is 11.8. The minimum atomic E-state index is -0.557. The lowest BCUT2D eigenvalue weighted by atomic mass is 10.2. The quantitative estimate of drug-likeness (QED) is 0.878. The average Bonchev–Trinajstić information content (AvgIpc) is 2.83. The Hall–Kier alpha value is -2.21. The zero-order valence-electron chi connectivity index (χ0n) is 12.0. The molecule has 1 aromatic carbocycles. The summed E-state index contributed by atoms with van der Waals surface area (Å²) in [7, 11) is 1.53. The lowest BCUT2D eigenvalue weighted by molar-refractivity contribution is 0.0521. The van der Waals surface area contributed by atoms with Crippen LogP contribution in [0.3, 0.4) is 0 Å². The molecule has 2 rings (SSSR count). The third kappa shape index (κ3) is 2.80. The van der Waals surface area contributed by atoms with E-state index >= 15 is 0 Å². The number of nitrogens with two attached hydrogens (primary N) is 1. The summed E-state index contributed by atoms with van der Waals surface area (Å²) in [6, 6.07) is 3.50. The van der Waals surface area contributed by atoms with Crippen LogP contribution < -0.4 is 10.5 Å². The zero-order chi connectivity index (χ0) is 15.6. The number of carbonyl (C=O) groups is 1. The Morgan fingerprint density at radius 1 is 1.48 bits per heavy atom. The highest BCUT2D eigenvalue weighted by molar-refractivity contribution is 6.31. The molecule has 112 valence electrons. The van der Waals surface area contributed by atoms with E-state index in [1.54, 1.807) is 17.6 Å². The van der Waals surface area contributed by atoms with Crippen molar-refractivity contribution in [3.63, 3.8) is 0 Å². The molecule has 0 fully saturated rings. The van der Waals surface area contributed by atoms with Gasteiger partial charge in [-0.05, 0) is 25.5 Å². The van der Waals surface area contributed by atoms with E-state index in [4.69, 9.17) is 26.8 Å². The van der Waals surface area contributed by atoms with E-state index in [2.05, 4.69) is 4.98 Å². The van der Waals surface area contributed by atoms with Gasteiger partial charge >= 0.3 is 5.97 Å². The van der Waals surface area contributed by atoms with Crippen molar-refractivity contribution in [2.24, 2.45) is 0 Å². The van der Waals surface area contributed by atoms with Crippen LogP contribution in [0, 0.1) is 6.92 Å². The number of hydrogen-bond donors (Lipinski definition) is 1. The highest BCUT2D eigenvalue weighted by atomic mass is 35.5. The molecule has 21 heavy (non-hydrogen) atoms. The maximum Gasteiger partial charge on any atom is 0.360 e. The number of nitrogen functional groups attached to an aromatic ring is 1. The number of nitrogens with zero attached hydrogens (tertiary/aromatic N) is 2. The predicted molar refractivity (Wildman–Crippen MR) is 80.2 cm³/mol. The second-order valence-electron chi connectivity index (χ2n) is 4.34. The highest BCUT2D eigenvalue weighted by Crippen LogP contribution is 2.31. The number of hydrogen-bond acceptors (Lipinski definition) is 5. The molecular weight excluding hydrogens is 294 g/mol. The SMILES string of the molecule is CCOC(=O)c1ncn(-c2cc(C)c(Cl)cc2OC)c1N. The van der Waals surface area contributed by atoms with Crippen LogP contribution in [0.15, 0.2) is 18.5 Å². The number of carbonyl (C=O) groups excluding carboxylic acids is 1. The molecule has 7 heteroatoms. The molecule has 0 aliphatic rings. The molecular formula is C14H16ClN3O3. The van der Waals surface area contributed by atoms with Crippen molar-refractivity contribution in [3.05, 3.63) is 34.7 Å². The van der Waals surface area contributed by atoms with Gasteiger partial charge in [0.1, 0.15) is 17.9 Å². The number of ether oxygens (including phenoxy) is 2. The van der Waals surface area contributed by atoms with Crippen LogP contribution in [-0.2, 0) is 4.74 Å². The Kier molecular flexibility index (Phi) is 4.37. The molecule has 0 amide bonds. The normalized spacial score (nSPS) is 10.5. The Morgan fingerprint density at radius 2 is 2.19 bits per heavy atom. The van der Waals surface area contributed by atoms with Gasteiger partial charge in [-0.2, -0.15) is 0 Å². The van der Waals surface area contributed by atoms with E-state index in [-0.39, 0.29) is 18.1 Å². The van der Waals surface area contributed by atoms with Crippen LogP contribution in [0.1, 0.15) is 23.0 Å². The number of esters is 1. The third-order valence-corrected chi connectivity index (χ3v) is 3.40. The Balaban J connectivity index is 2.53. The first-order chi connectivity index (χ1) is 9.99. The fraction of sp³-hybridized carbons (Fsp3) is 0.286. The summed E-state index contributed by atoms with van der Waals surface area (Å²) in [5.74, 6) is 0.164. The Labute approximate surface area is 127 Å². The fourth-order valence-electron chi connectivity index (χ4n) is 1.91. The molecule has 0 unspecified atom stereocenters. The number of halogens is 1. The number of aryl methyl sites for hydroxylation is 1. The molecule has 1 heterocycles. The topological polar surface area (TPSA) is 79.4 Å². The van der Waals surface area contributed by atoms with Gasteiger partial charge < -0.3 is 15.2 Å². The Morgan fingerprint density at radius 3 is 2.81 bits per heavy atom. The summed E-state index contributed by atoms with van der Waals surface area (Å²) in [5, 5.41) is 0.583. The van der Waals surface area contributed by atoms with E-state index < -0.39 is 5.97 Å². The van der Waals surface area contributed by atoms with Crippen molar-refractivity contribution in [1.82, 2.24) is 9.55 Å². The van der Waals surface area contributed by atoms with Gasteiger partial charge in [0.2, 0.25) is 0 Å². The average molecular weight is 310 g/mol. The monoisotopic (exact) mass is 309 g/mol. The Bertz CT molecular complexity index is 682. The first-order valence-corrected chi connectivity index (χ1v) is 6.71. The molecule has 0 saturated carbocycles. The molecule has 1 aromatic heterocycles. The lowest BCUT2D eigenvalue weighted by Gasteiger charge is -2.13. The summed E-state index contributed by atoms with van der Waals surface area (Å²) in [6.07, 6.45) is 1.45. The second kappa shape index (κ2) is 6.05. The summed E-state index contributed by atoms with van der Waals surface area (Å²) >= 11 is 6.08. The van der Waals surface area contributed by atoms with Crippen molar-refractivity contribution in [2.75, 3.05) is 19.5 Å². The standard InChI is InChI=1S/C14H16ClN3O3/c1-4-21-14(19)12-13(16)18(7-17-12)10-5-8(2)9(15)6-11(10)20-3/h5-7H,4,16H2,1-3H3. The molecule has 0 atom stereocenters. The van der Waals surface area contributed by atoms with Crippen LogP contribution in [0.2, 0.25) is 5.02 Å². The third-order valence-electron chi connectivity index (χ3n) is 2.99. The lowest BCUT2D eigenvalue weighted by Crippen LogP contribution is -2.10. The van der Waals surface area contributed by atoms with E-state index in [0.29, 0.717) is 16.5 Å². The van der Waals surface area contributed by atoms with Gasteiger partial charge in [-0.3, -0.25) is 4.57 Å². The molecule has 2 N–H and O–H groups in total. The molecule has 0 radical (unpaired) electrons. The number of aromatic nitrogens is 2. The van der Waals surface area contributed by atoms with Gasteiger partial charge in [-0.25, -0.2) is 9.78 Å². The van der Waals surface area contributed by atoms with Crippen LogP contribution >= 0.6 is 11.6 Å². The van der Waals surface area contributed by atoms with Crippen molar-refractivity contribution in [2.45, 2.75) is 13.8 Å². The second-order valence-corrected chi connectivity index (χ2v) is 4.75. The van der Waals surface area contributed by atoms with Crippen molar-refractivity contribution in [1.29, 1.82) is 0 Å². The van der Waals surface area contributed by atoms with Crippen LogP contribution in [0.4, 0.5) is 5.82 Å². The molecule has 0 saturated heterocycles. The molecule has 0 spiro atoms. The van der Waals surface area contributed by atoms with Crippen molar-refractivity contribution < 1.29 is 14.3 Å². The van der Waals surface area contributed by atoms with Crippen molar-refractivity contribution in [3.8, 4) is 11.4 Å². The predicted octanol–water partition coefficient (Wildman–Crippen LogP) is 2.60. The number of methoxy groups -OCH3 is 1. The summed E-state index contributed by atoms with van der Waals surface area (Å²) < 4.78 is 11.8. The van der Waals surface area contributed by atoms with Crippen molar-refractivity contribution >= 4 is 23.4 Å². The number of imidazole rings is 1. The van der Waals surface area contributed by atoms with Crippen LogP contribution in [0.25, 0.3) is 5.69 Å². The smallest absolute Gasteiger partial charge is 0.360 e. The number of rotatable bonds is 4. The summed E-state index contributed by atoms with van der Waals surface area (Å²) in [5.41, 5.74) is 7.58. The molecule has 0 aliphatic heterocycles.